The minimum atomic E-state index is -3.01. The first-order chi connectivity index (χ1) is 15.8. The van der Waals surface area contributed by atoms with Gasteiger partial charge in [-0.25, -0.2) is 13.6 Å². The molecule has 3 aromatic heterocycles. The van der Waals surface area contributed by atoms with Gasteiger partial charge in [-0.15, -0.1) is 0 Å². The number of nitrogens with zero attached hydrogens (tertiary/aromatic N) is 5. The maximum atomic E-state index is 15.1. The first kappa shape index (κ1) is 20.5. The van der Waals surface area contributed by atoms with Gasteiger partial charge in [0.25, 0.3) is 5.92 Å². The highest BCUT2D eigenvalue weighted by Crippen LogP contribution is 2.40. The Morgan fingerprint density at radius 3 is 2.48 bits per heavy atom. The second-order valence-corrected chi connectivity index (χ2v) is 9.48. The van der Waals surface area contributed by atoms with E-state index in [-0.39, 0.29) is 13.0 Å². The Morgan fingerprint density at radius 2 is 1.79 bits per heavy atom. The largest absolute Gasteiger partial charge is 0.329 e. The van der Waals surface area contributed by atoms with Crippen molar-refractivity contribution in [2.45, 2.75) is 37.1 Å². The first-order valence-corrected chi connectivity index (χ1v) is 11.4. The number of piperidine rings is 1. The fourth-order valence-corrected chi connectivity index (χ4v) is 5.11. The van der Waals surface area contributed by atoms with Gasteiger partial charge in [0.15, 0.2) is 0 Å². The molecule has 33 heavy (non-hydrogen) atoms. The van der Waals surface area contributed by atoms with Gasteiger partial charge in [-0.3, -0.25) is 19.1 Å². The van der Waals surface area contributed by atoms with E-state index in [1.165, 1.54) is 22.0 Å². The zero-order valence-corrected chi connectivity index (χ0v) is 18.6. The quantitative estimate of drug-likeness (QED) is 0.467. The molecule has 4 heterocycles. The number of halogens is 2. The molecule has 8 heteroatoms. The Morgan fingerprint density at radius 1 is 1.00 bits per heavy atom. The number of alkyl halides is 2. The number of imidazole rings is 1. The number of hydrogen-bond donors (Lipinski definition) is 0. The van der Waals surface area contributed by atoms with Gasteiger partial charge in [0, 0.05) is 42.4 Å². The summed E-state index contributed by atoms with van der Waals surface area (Å²) < 4.78 is 33.0. The summed E-state index contributed by atoms with van der Waals surface area (Å²) in [6, 6.07) is 8.71. The second kappa shape index (κ2) is 7.18. The number of pyridine rings is 2. The predicted octanol–water partition coefficient (Wildman–Crippen LogP) is 4.34. The van der Waals surface area contributed by atoms with Crippen LogP contribution in [-0.2, 0) is 7.05 Å². The number of rotatable bonds is 3. The normalized spacial score (nSPS) is 21.2. The summed E-state index contributed by atoms with van der Waals surface area (Å²) in [5.41, 5.74) is 4.30. The summed E-state index contributed by atoms with van der Waals surface area (Å²) in [6.45, 7) is 0.143. The molecule has 1 saturated heterocycles. The minimum absolute atomic E-state index is 0.207. The Labute approximate surface area is 189 Å². The molecule has 0 amide bonds. The van der Waals surface area contributed by atoms with Gasteiger partial charge in [-0.2, -0.15) is 0 Å². The van der Waals surface area contributed by atoms with Gasteiger partial charge in [0.05, 0.1) is 29.3 Å². The third kappa shape index (κ3) is 3.27. The molecule has 2 fully saturated rings. The third-order valence-electron chi connectivity index (χ3n) is 7.09. The summed E-state index contributed by atoms with van der Waals surface area (Å²) in [5.74, 6) is -2.43. The van der Waals surface area contributed by atoms with E-state index in [2.05, 4.69) is 22.1 Å². The summed E-state index contributed by atoms with van der Waals surface area (Å²) in [6.07, 6.45) is 6.07. The maximum absolute atomic E-state index is 15.1. The lowest BCUT2D eigenvalue weighted by Gasteiger charge is -2.37. The molecule has 1 atom stereocenters. The van der Waals surface area contributed by atoms with Crippen molar-refractivity contribution in [3.63, 3.8) is 0 Å². The van der Waals surface area contributed by atoms with Crippen LogP contribution in [0.15, 0.2) is 47.5 Å². The molecule has 0 bridgehead atoms. The molecule has 6 rings (SSSR count). The molecule has 4 aromatic rings. The fraction of sp³-hybridized carbons (Fsp3) is 0.400. The van der Waals surface area contributed by atoms with Gasteiger partial charge in [-0.1, -0.05) is 12.1 Å². The molecule has 1 aromatic carbocycles. The van der Waals surface area contributed by atoms with E-state index in [4.69, 9.17) is 0 Å². The van der Waals surface area contributed by atoms with Crippen LogP contribution in [0, 0.1) is 0 Å². The molecular weight excluding hydrogens is 424 g/mol. The van der Waals surface area contributed by atoms with Crippen LogP contribution in [0.25, 0.3) is 33.1 Å². The number of benzene rings is 1. The van der Waals surface area contributed by atoms with Crippen molar-refractivity contribution in [1.82, 2.24) is 24.0 Å². The Bertz CT molecular complexity index is 1440. The monoisotopic (exact) mass is 449 g/mol. The van der Waals surface area contributed by atoms with Crippen molar-refractivity contribution in [2.75, 3.05) is 20.1 Å². The highest BCUT2D eigenvalue weighted by Gasteiger charge is 2.46. The van der Waals surface area contributed by atoms with Crippen LogP contribution in [-0.4, -0.2) is 50.1 Å². The van der Waals surface area contributed by atoms with Gasteiger partial charge in [-0.05, 0) is 50.1 Å². The van der Waals surface area contributed by atoms with E-state index in [0.29, 0.717) is 34.4 Å². The lowest BCUT2D eigenvalue weighted by molar-refractivity contribution is -0.0977. The van der Waals surface area contributed by atoms with Crippen LogP contribution in [0.1, 0.15) is 36.9 Å². The molecule has 2 aliphatic rings. The van der Waals surface area contributed by atoms with Crippen molar-refractivity contribution in [1.29, 1.82) is 0 Å². The summed E-state index contributed by atoms with van der Waals surface area (Å²) in [7, 11) is 3.30. The summed E-state index contributed by atoms with van der Waals surface area (Å²) in [5, 5.41) is 0.698. The SMILES string of the molecule is CN1CCC(n2c(=O)n(C)c3cnc4ccc(-c5ccc(C6CC6)nc5)cc4c32)C(F)(F)C1. The Balaban J connectivity index is 1.56. The van der Waals surface area contributed by atoms with E-state index >= 15 is 8.78 Å². The van der Waals surface area contributed by atoms with E-state index in [9.17, 15) is 4.79 Å². The molecule has 0 N–H and O–H groups in total. The van der Waals surface area contributed by atoms with Crippen LogP contribution in [0.4, 0.5) is 8.78 Å². The first-order valence-electron chi connectivity index (χ1n) is 11.4. The van der Waals surface area contributed by atoms with Crippen LogP contribution < -0.4 is 5.69 Å². The number of fused-ring (bicyclic) bond motifs is 3. The van der Waals surface area contributed by atoms with Gasteiger partial charge in [0.2, 0.25) is 0 Å². The Hall–Kier alpha value is -3.13. The van der Waals surface area contributed by atoms with Crippen LogP contribution in [0.5, 0.6) is 0 Å². The molecule has 1 aliphatic carbocycles. The molecule has 1 saturated carbocycles. The topological polar surface area (TPSA) is 56.0 Å². The third-order valence-corrected chi connectivity index (χ3v) is 7.09. The average Bonchev–Trinajstić information content (AvgIpc) is 3.61. The van der Waals surface area contributed by atoms with Crippen molar-refractivity contribution >= 4 is 21.9 Å². The van der Waals surface area contributed by atoms with E-state index in [1.807, 2.05) is 24.4 Å². The number of likely N-dealkylation sites (tertiary alicyclic amines) is 1. The molecular formula is C25H25F2N5O. The maximum Gasteiger partial charge on any atom is 0.329 e. The van der Waals surface area contributed by atoms with Gasteiger partial charge in [0.1, 0.15) is 6.04 Å². The van der Waals surface area contributed by atoms with Crippen molar-refractivity contribution in [3.8, 4) is 11.1 Å². The standard InChI is InChI=1S/C25H25F2N5O/c1-30-10-9-22(25(26,27)14-30)32-23-18-11-16(17-6-7-19(28-12-17)15-3-4-15)5-8-20(18)29-13-21(23)31(2)24(32)33/h5-8,11-13,15,22H,3-4,9-10,14H2,1-2H3. The lowest BCUT2D eigenvalue weighted by atomic mass is 9.99. The van der Waals surface area contributed by atoms with Crippen LogP contribution >= 0.6 is 0 Å². The molecule has 170 valence electrons. The average molecular weight is 450 g/mol. The lowest BCUT2D eigenvalue weighted by Crippen LogP contribution is -2.49. The summed E-state index contributed by atoms with van der Waals surface area (Å²) >= 11 is 0. The van der Waals surface area contributed by atoms with Crippen LogP contribution in [0.2, 0.25) is 0 Å². The van der Waals surface area contributed by atoms with E-state index in [1.54, 1.807) is 25.2 Å². The molecule has 6 nitrogen and oxygen atoms in total. The summed E-state index contributed by atoms with van der Waals surface area (Å²) in [4.78, 5) is 23.9. The minimum Gasteiger partial charge on any atom is -0.300 e. The second-order valence-electron chi connectivity index (χ2n) is 9.48. The fourth-order valence-electron chi connectivity index (χ4n) is 5.11. The zero-order valence-electron chi connectivity index (χ0n) is 18.6. The van der Waals surface area contributed by atoms with E-state index < -0.39 is 17.7 Å². The number of aromatic nitrogens is 4. The molecule has 0 radical (unpaired) electrons. The van der Waals surface area contributed by atoms with Crippen molar-refractivity contribution < 1.29 is 8.78 Å². The number of aryl methyl sites for hydroxylation is 1. The zero-order chi connectivity index (χ0) is 22.9. The molecule has 0 spiro atoms. The highest BCUT2D eigenvalue weighted by molar-refractivity contribution is 6.04. The highest BCUT2D eigenvalue weighted by atomic mass is 19.3. The van der Waals surface area contributed by atoms with Crippen molar-refractivity contribution in [2.24, 2.45) is 7.05 Å². The van der Waals surface area contributed by atoms with Gasteiger partial charge < -0.3 is 4.90 Å². The van der Waals surface area contributed by atoms with Crippen LogP contribution in [0.3, 0.4) is 0 Å². The number of hydrogen-bond acceptors (Lipinski definition) is 4. The molecule has 1 aliphatic heterocycles. The van der Waals surface area contributed by atoms with Crippen molar-refractivity contribution in [3.05, 3.63) is 58.9 Å². The Kier molecular flexibility index (Phi) is 4.46. The van der Waals surface area contributed by atoms with Gasteiger partial charge >= 0.3 is 5.69 Å². The van der Waals surface area contributed by atoms with E-state index in [0.717, 1.165) is 16.8 Å². The molecule has 1 unspecified atom stereocenters. The predicted molar refractivity (Wildman–Crippen MR) is 124 cm³/mol. The smallest absolute Gasteiger partial charge is 0.300 e.